The fourth-order valence-electron chi connectivity index (χ4n) is 1.90. The molecule has 120 valence electrons. The van der Waals surface area contributed by atoms with Gasteiger partial charge in [-0.1, -0.05) is 6.07 Å². The minimum Gasteiger partial charge on any atom is -0.768 e. The Morgan fingerprint density at radius 2 is 2.09 bits per heavy atom. The van der Waals surface area contributed by atoms with E-state index in [0.29, 0.717) is 18.7 Å². The van der Waals surface area contributed by atoms with Gasteiger partial charge in [-0.05, 0) is 28.8 Å². The summed E-state index contributed by atoms with van der Waals surface area (Å²) in [6.45, 7) is 0.883. The molecule has 5 nitrogen and oxygen atoms in total. The molecule has 0 radical (unpaired) electrons. The van der Waals surface area contributed by atoms with Gasteiger partial charge in [-0.2, -0.15) is 18.3 Å². The molecule has 0 aliphatic heterocycles. The lowest BCUT2D eigenvalue weighted by atomic mass is 10.1. The molecule has 0 N–H and O–H groups in total. The van der Waals surface area contributed by atoms with Gasteiger partial charge in [0.1, 0.15) is 0 Å². The van der Waals surface area contributed by atoms with Crippen molar-refractivity contribution in [2.45, 2.75) is 17.6 Å². The van der Waals surface area contributed by atoms with Crippen LogP contribution in [0.4, 0.5) is 13.2 Å². The number of methoxy groups -OCH3 is 1. The minimum absolute atomic E-state index is 0.241. The molecular formula is C13H12F3N2O3S-. The maximum atomic E-state index is 13.0. The summed E-state index contributed by atoms with van der Waals surface area (Å²) < 4.78 is 67.1. The predicted molar refractivity (Wildman–Crippen MR) is 71.7 cm³/mol. The van der Waals surface area contributed by atoms with E-state index in [4.69, 9.17) is 4.74 Å². The van der Waals surface area contributed by atoms with Crippen molar-refractivity contribution < 1.29 is 26.7 Å². The van der Waals surface area contributed by atoms with E-state index in [1.165, 1.54) is 24.1 Å². The zero-order valence-corrected chi connectivity index (χ0v) is 12.3. The summed E-state index contributed by atoms with van der Waals surface area (Å²) in [5.41, 5.74) is -0.488. The summed E-state index contributed by atoms with van der Waals surface area (Å²) in [6, 6.07) is 3.06. The quantitative estimate of drug-likeness (QED) is 0.788. The van der Waals surface area contributed by atoms with Crippen molar-refractivity contribution in [1.82, 2.24) is 9.78 Å². The number of halogens is 3. The van der Waals surface area contributed by atoms with Crippen LogP contribution in [0.1, 0.15) is 5.56 Å². The number of rotatable bonds is 5. The van der Waals surface area contributed by atoms with Crippen LogP contribution < -0.4 is 0 Å². The van der Waals surface area contributed by atoms with E-state index >= 15 is 0 Å². The van der Waals surface area contributed by atoms with E-state index in [1.54, 1.807) is 6.20 Å². The van der Waals surface area contributed by atoms with Crippen LogP contribution in [-0.4, -0.2) is 32.3 Å². The van der Waals surface area contributed by atoms with Gasteiger partial charge in [-0.3, -0.25) is 8.89 Å². The number of ether oxygens (including phenoxy) is 1. The van der Waals surface area contributed by atoms with Crippen molar-refractivity contribution in [3.05, 3.63) is 36.2 Å². The standard InChI is InChI=1S/C13H13F3N2O3S/c1-21-5-4-18-8-10(7-17-18)9-2-3-12(22(19)20)11(6-9)13(14,15)16/h2-3,6-8H,4-5H2,1H3,(H,19,20)/p-1. The molecule has 22 heavy (non-hydrogen) atoms. The van der Waals surface area contributed by atoms with Crippen LogP contribution in [0, 0.1) is 0 Å². The van der Waals surface area contributed by atoms with Crippen LogP contribution in [-0.2, 0) is 28.5 Å². The van der Waals surface area contributed by atoms with Gasteiger partial charge in [0.05, 0.1) is 24.9 Å². The van der Waals surface area contributed by atoms with Gasteiger partial charge in [0.2, 0.25) is 0 Å². The zero-order chi connectivity index (χ0) is 16.3. The molecule has 9 heteroatoms. The van der Waals surface area contributed by atoms with Crippen molar-refractivity contribution in [2.24, 2.45) is 0 Å². The summed E-state index contributed by atoms with van der Waals surface area (Å²) >= 11 is -2.96. The van der Waals surface area contributed by atoms with Crippen LogP contribution >= 0.6 is 0 Å². The monoisotopic (exact) mass is 333 g/mol. The maximum Gasteiger partial charge on any atom is 0.417 e. The van der Waals surface area contributed by atoms with Gasteiger partial charge in [0.15, 0.2) is 0 Å². The highest BCUT2D eigenvalue weighted by molar-refractivity contribution is 7.79. The molecule has 0 amide bonds. The van der Waals surface area contributed by atoms with E-state index in [0.717, 1.165) is 12.1 Å². The molecule has 1 atom stereocenters. The Hall–Kier alpha value is -1.71. The van der Waals surface area contributed by atoms with E-state index in [-0.39, 0.29) is 5.56 Å². The molecule has 1 heterocycles. The highest BCUT2D eigenvalue weighted by Gasteiger charge is 2.34. The van der Waals surface area contributed by atoms with Crippen LogP contribution in [0.15, 0.2) is 35.5 Å². The fourth-order valence-corrected chi connectivity index (χ4v) is 2.43. The second kappa shape index (κ2) is 6.59. The first-order chi connectivity index (χ1) is 10.3. The van der Waals surface area contributed by atoms with Gasteiger partial charge in [-0.25, -0.2) is 0 Å². The van der Waals surface area contributed by atoms with Crippen LogP contribution in [0.2, 0.25) is 0 Å². The number of hydrogen-bond donors (Lipinski definition) is 0. The molecule has 1 aromatic heterocycles. The van der Waals surface area contributed by atoms with Crippen molar-refractivity contribution in [2.75, 3.05) is 13.7 Å². The molecule has 0 saturated heterocycles. The zero-order valence-electron chi connectivity index (χ0n) is 11.5. The third-order valence-electron chi connectivity index (χ3n) is 2.96. The Morgan fingerprint density at radius 3 is 2.68 bits per heavy atom. The molecular weight excluding hydrogens is 321 g/mol. The minimum atomic E-state index is -4.75. The van der Waals surface area contributed by atoms with E-state index < -0.39 is 27.7 Å². The second-order valence-corrected chi connectivity index (χ2v) is 5.34. The number of alkyl halides is 3. The molecule has 2 aromatic rings. The van der Waals surface area contributed by atoms with Crippen molar-refractivity contribution in [3.63, 3.8) is 0 Å². The van der Waals surface area contributed by atoms with Crippen LogP contribution in [0.25, 0.3) is 11.1 Å². The maximum absolute atomic E-state index is 13.0. The Morgan fingerprint density at radius 1 is 1.36 bits per heavy atom. The lowest BCUT2D eigenvalue weighted by molar-refractivity contribution is -0.139. The summed E-state index contributed by atoms with van der Waals surface area (Å²) in [5.74, 6) is 0. The average Bonchev–Trinajstić information content (AvgIpc) is 2.92. The van der Waals surface area contributed by atoms with Gasteiger partial charge >= 0.3 is 6.18 Å². The Bertz CT molecular complexity index is 685. The summed E-state index contributed by atoms with van der Waals surface area (Å²) in [5, 5.41) is 4.01. The van der Waals surface area contributed by atoms with Crippen molar-refractivity contribution >= 4 is 11.1 Å². The smallest absolute Gasteiger partial charge is 0.417 e. The molecule has 0 fully saturated rings. The number of aromatic nitrogens is 2. The van der Waals surface area contributed by atoms with Crippen molar-refractivity contribution in [3.8, 4) is 11.1 Å². The molecule has 1 unspecified atom stereocenters. The van der Waals surface area contributed by atoms with Crippen LogP contribution in [0.5, 0.6) is 0 Å². The van der Waals surface area contributed by atoms with Crippen LogP contribution in [0.3, 0.4) is 0 Å². The summed E-state index contributed by atoms with van der Waals surface area (Å²) in [6.07, 6.45) is -1.77. The van der Waals surface area contributed by atoms with Gasteiger partial charge in [0, 0.05) is 23.8 Å². The Kier molecular flexibility index (Phi) is 4.99. The summed E-state index contributed by atoms with van der Waals surface area (Å²) in [7, 11) is 1.53. The number of nitrogens with zero attached hydrogens (tertiary/aromatic N) is 2. The first-order valence-electron chi connectivity index (χ1n) is 6.15. The van der Waals surface area contributed by atoms with Gasteiger partial charge in [0.25, 0.3) is 0 Å². The molecule has 0 spiro atoms. The largest absolute Gasteiger partial charge is 0.768 e. The van der Waals surface area contributed by atoms with Crippen molar-refractivity contribution in [1.29, 1.82) is 0 Å². The highest BCUT2D eigenvalue weighted by Crippen LogP contribution is 2.36. The van der Waals surface area contributed by atoms with E-state index in [1.807, 2.05) is 0 Å². The SMILES string of the molecule is COCCn1cc(-c2ccc(S(=O)[O-])c(C(F)(F)F)c2)cn1. The van der Waals surface area contributed by atoms with E-state index in [9.17, 15) is 21.9 Å². The van der Waals surface area contributed by atoms with Gasteiger partial charge < -0.3 is 9.29 Å². The molecule has 0 aliphatic rings. The normalized spacial score (nSPS) is 13.3. The average molecular weight is 333 g/mol. The predicted octanol–water partition coefficient (Wildman–Crippen LogP) is 2.45. The lowest BCUT2D eigenvalue weighted by Crippen LogP contribution is -2.10. The Balaban J connectivity index is 2.40. The fraction of sp³-hybridized carbons (Fsp3) is 0.308. The van der Waals surface area contributed by atoms with E-state index in [2.05, 4.69) is 5.10 Å². The first-order valence-corrected chi connectivity index (χ1v) is 7.22. The molecule has 0 aliphatic carbocycles. The third kappa shape index (κ3) is 3.73. The third-order valence-corrected chi connectivity index (χ3v) is 3.67. The molecule has 0 saturated carbocycles. The lowest BCUT2D eigenvalue weighted by Gasteiger charge is -2.15. The topological polar surface area (TPSA) is 67.2 Å². The first kappa shape index (κ1) is 16.7. The van der Waals surface area contributed by atoms with Gasteiger partial charge in [-0.15, -0.1) is 0 Å². The molecule has 2 rings (SSSR count). The Labute approximate surface area is 127 Å². The number of benzene rings is 1. The second-order valence-electron chi connectivity index (χ2n) is 4.43. The highest BCUT2D eigenvalue weighted by atomic mass is 32.2. The molecule has 0 bridgehead atoms. The number of hydrogen-bond acceptors (Lipinski definition) is 4. The molecule has 1 aromatic carbocycles. The summed E-state index contributed by atoms with van der Waals surface area (Å²) in [4.78, 5) is -0.775.